The molecule has 2 rings (SSSR count). The number of rotatable bonds is 5. The molecular formula is C19H22N2O3. The van der Waals surface area contributed by atoms with Gasteiger partial charge in [-0.05, 0) is 50.6 Å². The van der Waals surface area contributed by atoms with E-state index in [0.717, 1.165) is 11.1 Å². The first-order valence-electron chi connectivity index (χ1n) is 7.85. The van der Waals surface area contributed by atoms with Crippen LogP contribution in [0.4, 0.5) is 0 Å². The standard InChI is InChI=1S/C19H22N2O3/c1-13(2)24-17-10-8-16(9-11-17)19(23)21-20-18(22)12-15-6-4-14(3)5-7-15/h4-11,13H,12H2,1-3H3,(H,20,22)(H,21,23). The molecule has 0 aliphatic rings. The molecule has 0 saturated heterocycles. The first-order chi connectivity index (χ1) is 11.4. The zero-order chi connectivity index (χ0) is 17.5. The maximum Gasteiger partial charge on any atom is 0.269 e. The third kappa shape index (κ3) is 5.43. The Morgan fingerprint density at radius 2 is 1.58 bits per heavy atom. The summed E-state index contributed by atoms with van der Waals surface area (Å²) in [6.07, 6.45) is 0.285. The van der Waals surface area contributed by atoms with Gasteiger partial charge in [0.15, 0.2) is 0 Å². The Labute approximate surface area is 142 Å². The van der Waals surface area contributed by atoms with Crippen LogP contribution in [-0.2, 0) is 11.2 Å². The van der Waals surface area contributed by atoms with Gasteiger partial charge < -0.3 is 4.74 Å². The number of aryl methyl sites for hydroxylation is 1. The van der Waals surface area contributed by atoms with Crippen molar-refractivity contribution < 1.29 is 14.3 Å². The van der Waals surface area contributed by atoms with Crippen LogP contribution in [0.3, 0.4) is 0 Å². The molecule has 0 heterocycles. The van der Waals surface area contributed by atoms with Crippen molar-refractivity contribution in [2.75, 3.05) is 0 Å². The van der Waals surface area contributed by atoms with Crippen molar-refractivity contribution in [3.63, 3.8) is 0 Å². The lowest BCUT2D eigenvalue weighted by Crippen LogP contribution is -2.42. The maximum atomic E-state index is 12.0. The van der Waals surface area contributed by atoms with Gasteiger partial charge in [0, 0.05) is 5.56 Å². The molecule has 0 unspecified atom stereocenters. The molecule has 0 aliphatic carbocycles. The second-order valence-corrected chi connectivity index (χ2v) is 5.86. The van der Waals surface area contributed by atoms with Gasteiger partial charge in [-0.15, -0.1) is 0 Å². The second kappa shape index (κ2) is 8.15. The highest BCUT2D eigenvalue weighted by Crippen LogP contribution is 2.13. The highest BCUT2D eigenvalue weighted by atomic mass is 16.5. The molecule has 0 bridgehead atoms. The molecule has 0 aliphatic heterocycles. The summed E-state index contributed by atoms with van der Waals surface area (Å²) in [6, 6.07) is 14.4. The number of nitrogens with one attached hydrogen (secondary N) is 2. The molecule has 2 aromatic carbocycles. The molecule has 0 aromatic heterocycles. The van der Waals surface area contributed by atoms with E-state index in [4.69, 9.17) is 4.74 Å². The number of hydrogen-bond acceptors (Lipinski definition) is 3. The van der Waals surface area contributed by atoms with Crippen molar-refractivity contribution in [1.82, 2.24) is 10.9 Å². The van der Waals surface area contributed by atoms with Gasteiger partial charge in [-0.1, -0.05) is 29.8 Å². The van der Waals surface area contributed by atoms with Crippen LogP contribution in [0.1, 0.15) is 35.3 Å². The van der Waals surface area contributed by atoms with Crippen LogP contribution in [0.25, 0.3) is 0 Å². The number of hydrogen-bond donors (Lipinski definition) is 2. The van der Waals surface area contributed by atoms with Crippen LogP contribution < -0.4 is 15.6 Å². The quantitative estimate of drug-likeness (QED) is 0.830. The third-order valence-corrected chi connectivity index (χ3v) is 3.29. The summed E-state index contributed by atoms with van der Waals surface area (Å²) in [5.41, 5.74) is 7.31. The van der Waals surface area contributed by atoms with E-state index in [0.29, 0.717) is 11.3 Å². The van der Waals surface area contributed by atoms with Gasteiger partial charge >= 0.3 is 0 Å². The molecule has 5 heteroatoms. The van der Waals surface area contributed by atoms with E-state index in [1.54, 1.807) is 24.3 Å². The van der Waals surface area contributed by atoms with Gasteiger partial charge in [0.05, 0.1) is 12.5 Å². The fourth-order valence-corrected chi connectivity index (χ4v) is 2.09. The minimum Gasteiger partial charge on any atom is -0.491 e. The average molecular weight is 326 g/mol. The van der Waals surface area contributed by atoms with Crippen molar-refractivity contribution >= 4 is 11.8 Å². The Morgan fingerprint density at radius 1 is 0.958 bits per heavy atom. The SMILES string of the molecule is Cc1ccc(CC(=O)NNC(=O)c2ccc(OC(C)C)cc2)cc1. The van der Waals surface area contributed by atoms with Gasteiger partial charge in [-0.25, -0.2) is 0 Å². The monoisotopic (exact) mass is 326 g/mol. The van der Waals surface area contributed by atoms with Crippen molar-refractivity contribution in [3.05, 3.63) is 65.2 Å². The molecule has 0 atom stereocenters. The number of hydrazine groups is 1. The van der Waals surface area contributed by atoms with E-state index >= 15 is 0 Å². The first kappa shape index (κ1) is 17.5. The number of carbonyl (C=O) groups is 2. The predicted octanol–water partition coefficient (Wildman–Crippen LogP) is 2.79. The minimum atomic E-state index is -0.372. The predicted molar refractivity (Wildman–Crippen MR) is 92.7 cm³/mol. The van der Waals surface area contributed by atoms with Gasteiger partial charge in [0.1, 0.15) is 5.75 Å². The second-order valence-electron chi connectivity index (χ2n) is 5.86. The zero-order valence-corrected chi connectivity index (χ0v) is 14.1. The minimum absolute atomic E-state index is 0.0748. The zero-order valence-electron chi connectivity index (χ0n) is 14.1. The smallest absolute Gasteiger partial charge is 0.269 e. The summed E-state index contributed by atoms with van der Waals surface area (Å²) >= 11 is 0. The highest BCUT2D eigenvalue weighted by molar-refractivity contribution is 5.95. The van der Waals surface area contributed by atoms with Crippen molar-refractivity contribution in [1.29, 1.82) is 0 Å². The molecule has 24 heavy (non-hydrogen) atoms. The Bertz CT molecular complexity index is 692. The Kier molecular flexibility index (Phi) is 5.95. The van der Waals surface area contributed by atoms with Gasteiger partial charge in [0.25, 0.3) is 5.91 Å². The van der Waals surface area contributed by atoms with E-state index < -0.39 is 0 Å². The van der Waals surface area contributed by atoms with Crippen LogP contribution in [0.2, 0.25) is 0 Å². The summed E-state index contributed by atoms with van der Waals surface area (Å²) < 4.78 is 5.52. The summed E-state index contributed by atoms with van der Waals surface area (Å²) in [4.78, 5) is 23.9. The van der Waals surface area contributed by atoms with E-state index in [1.807, 2.05) is 45.0 Å². The first-order valence-corrected chi connectivity index (χ1v) is 7.85. The Morgan fingerprint density at radius 3 is 2.17 bits per heavy atom. The topological polar surface area (TPSA) is 67.4 Å². The van der Waals surface area contributed by atoms with Crippen molar-refractivity contribution in [3.8, 4) is 5.75 Å². The largest absolute Gasteiger partial charge is 0.491 e. The van der Waals surface area contributed by atoms with Crippen molar-refractivity contribution in [2.45, 2.75) is 33.3 Å². The summed E-state index contributed by atoms with van der Waals surface area (Å²) in [7, 11) is 0. The van der Waals surface area contributed by atoms with Gasteiger partial charge in [-0.2, -0.15) is 0 Å². The number of carbonyl (C=O) groups excluding carboxylic acids is 2. The molecule has 0 fully saturated rings. The lowest BCUT2D eigenvalue weighted by atomic mass is 10.1. The molecule has 2 aromatic rings. The lowest BCUT2D eigenvalue weighted by molar-refractivity contribution is -0.121. The van der Waals surface area contributed by atoms with E-state index in [9.17, 15) is 9.59 Å². The molecule has 0 saturated carbocycles. The lowest BCUT2D eigenvalue weighted by Gasteiger charge is -2.10. The molecule has 2 amide bonds. The molecule has 0 radical (unpaired) electrons. The van der Waals surface area contributed by atoms with Crippen LogP contribution in [0.5, 0.6) is 5.75 Å². The van der Waals surface area contributed by atoms with Gasteiger partial charge in [-0.3, -0.25) is 20.4 Å². The molecule has 2 N–H and O–H groups in total. The summed E-state index contributed by atoms with van der Waals surface area (Å²) in [5.74, 6) is 0.0558. The number of amides is 2. The van der Waals surface area contributed by atoms with Crippen LogP contribution in [0.15, 0.2) is 48.5 Å². The average Bonchev–Trinajstić information content (AvgIpc) is 2.55. The molecule has 0 spiro atoms. The van der Waals surface area contributed by atoms with Crippen LogP contribution in [-0.4, -0.2) is 17.9 Å². The highest BCUT2D eigenvalue weighted by Gasteiger charge is 2.08. The fourth-order valence-electron chi connectivity index (χ4n) is 2.09. The van der Waals surface area contributed by atoms with E-state index in [2.05, 4.69) is 10.9 Å². The summed E-state index contributed by atoms with van der Waals surface area (Å²) in [6.45, 7) is 5.86. The normalized spacial score (nSPS) is 10.3. The Hall–Kier alpha value is -2.82. The molecule has 5 nitrogen and oxygen atoms in total. The fraction of sp³-hybridized carbons (Fsp3) is 0.263. The van der Waals surface area contributed by atoms with Crippen LogP contribution in [0, 0.1) is 6.92 Å². The number of ether oxygens (including phenoxy) is 1. The maximum absolute atomic E-state index is 12.0. The third-order valence-electron chi connectivity index (χ3n) is 3.29. The Balaban J connectivity index is 1.83. The van der Waals surface area contributed by atoms with Crippen LogP contribution >= 0.6 is 0 Å². The number of benzene rings is 2. The van der Waals surface area contributed by atoms with E-state index in [1.165, 1.54) is 0 Å². The van der Waals surface area contributed by atoms with E-state index in [-0.39, 0.29) is 24.3 Å². The summed E-state index contributed by atoms with van der Waals surface area (Å²) in [5, 5.41) is 0. The van der Waals surface area contributed by atoms with Crippen molar-refractivity contribution in [2.24, 2.45) is 0 Å². The van der Waals surface area contributed by atoms with Gasteiger partial charge in [0.2, 0.25) is 5.91 Å². The molecule has 126 valence electrons. The molecular weight excluding hydrogens is 304 g/mol.